The third-order valence-electron chi connectivity index (χ3n) is 4.25. The molecule has 4 heterocycles. The zero-order valence-corrected chi connectivity index (χ0v) is 14.7. The quantitative estimate of drug-likeness (QED) is 0.465. The Balaban J connectivity index is 1.46. The van der Waals surface area contributed by atoms with E-state index in [4.69, 9.17) is 10.5 Å². The second-order valence-electron chi connectivity index (χ2n) is 6.10. The van der Waals surface area contributed by atoms with Gasteiger partial charge in [0.05, 0.1) is 6.26 Å². The summed E-state index contributed by atoms with van der Waals surface area (Å²) in [4.78, 5) is 8.31. The molecule has 0 spiro atoms. The number of furan rings is 1. The first-order chi connectivity index (χ1) is 14.3. The van der Waals surface area contributed by atoms with Gasteiger partial charge < -0.3 is 9.15 Å². The molecular weight excluding hydrogens is 354 g/mol. The molecule has 0 aliphatic heterocycles. The van der Waals surface area contributed by atoms with Gasteiger partial charge in [0.1, 0.15) is 31.4 Å². The van der Waals surface area contributed by atoms with Crippen molar-refractivity contribution in [2.75, 3.05) is 0 Å². The van der Waals surface area contributed by atoms with Crippen LogP contribution < -0.4 is 4.74 Å². The van der Waals surface area contributed by atoms with Crippen LogP contribution in [0.1, 0.15) is 6.93 Å². The lowest BCUT2D eigenvalue weighted by Gasteiger charge is -2.07. The predicted octanol–water partition coefficient (Wildman–Crippen LogP) is 4.03. The van der Waals surface area contributed by atoms with E-state index in [0.717, 1.165) is 5.56 Å². The van der Waals surface area contributed by atoms with Gasteiger partial charge in [0.2, 0.25) is 0 Å². The van der Waals surface area contributed by atoms with Crippen LogP contribution in [0.3, 0.4) is 0 Å². The van der Waals surface area contributed by atoms with Crippen LogP contribution in [0, 0.1) is 0 Å². The topological polar surface area (TPSA) is 78.3 Å². The van der Waals surface area contributed by atoms with E-state index in [9.17, 15) is 0 Å². The third kappa shape index (κ3) is 3.09. The van der Waals surface area contributed by atoms with E-state index in [2.05, 4.69) is 20.2 Å². The highest BCUT2D eigenvalue weighted by atomic mass is 16.5. The molecule has 7 nitrogen and oxygen atoms in total. The summed E-state index contributed by atoms with van der Waals surface area (Å²) in [5, 5.41) is 8.46. The van der Waals surface area contributed by atoms with Gasteiger partial charge in [-0.15, -0.1) is 10.2 Å². The summed E-state index contributed by atoms with van der Waals surface area (Å²) in [6, 6.07) is 18.9. The van der Waals surface area contributed by atoms with Crippen molar-refractivity contribution < 1.29 is 10.5 Å². The Morgan fingerprint density at radius 1 is 0.964 bits per heavy atom. The third-order valence-corrected chi connectivity index (χ3v) is 4.25. The fraction of sp³-hybridized carbons (Fsp3) is 0.0476. The number of rotatable bonds is 5. The molecule has 0 saturated carbocycles. The van der Waals surface area contributed by atoms with Gasteiger partial charge in [0.25, 0.3) is 0 Å². The van der Waals surface area contributed by atoms with Gasteiger partial charge in [-0.25, -0.2) is 9.97 Å². The minimum Gasteiger partial charge on any atom is -0.489 e. The molecule has 0 N–H and O–H groups in total. The molecule has 0 fully saturated rings. The number of nitrogens with zero attached hydrogens (tertiary/aromatic N) is 5. The van der Waals surface area contributed by atoms with E-state index in [-0.39, 0.29) is 6.30 Å². The van der Waals surface area contributed by atoms with Crippen molar-refractivity contribution in [2.45, 2.75) is 6.61 Å². The van der Waals surface area contributed by atoms with Gasteiger partial charge in [0, 0.05) is 12.3 Å². The minimum atomic E-state index is -0.117. The molecule has 0 bridgehead atoms. The number of ether oxygens (including phenoxy) is 1. The van der Waals surface area contributed by atoms with Crippen molar-refractivity contribution in [1.82, 2.24) is 24.6 Å². The molecule has 136 valence electrons. The van der Waals surface area contributed by atoms with E-state index in [1.54, 1.807) is 28.9 Å². The fourth-order valence-corrected chi connectivity index (χ4v) is 2.87. The molecule has 0 saturated heterocycles. The van der Waals surface area contributed by atoms with Crippen molar-refractivity contribution in [1.29, 1.82) is 0 Å². The van der Waals surface area contributed by atoms with E-state index >= 15 is 0 Å². The molecule has 0 radical (unpaired) electrons. The summed E-state index contributed by atoms with van der Waals surface area (Å²) >= 11 is 0. The van der Waals surface area contributed by atoms with Crippen LogP contribution in [0.15, 0.2) is 83.8 Å². The number of hydrogen-bond donors (Lipinski definition) is 0. The number of aromatic nitrogens is 5. The largest absolute Gasteiger partial charge is 0.489 e. The predicted molar refractivity (Wildman–Crippen MR) is 102 cm³/mol. The SMILES string of the molecule is [2H]c1nc(-c2ccco2)cc(-c2nnc3cc(OCc4ccccc4)ccn23)n1. The van der Waals surface area contributed by atoms with Gasteiger partial charge in [-0.2, -0.15) is 0 Å². The summed E-state index contributed by atoms with van der Waals surface area (Å²) in [6.45, 7) is 0.471. The van der Waals surface area contributed by atoms with E-state index in [1.807, 2.05) is 48.7 Å². The standard InChI is InChI=1S/C21H15N5O2/c1-2-5-15(6-3-1)13-28-16-8-9-26-20(11-16)24-25-21(26)18-12-17(22-14-23-18)19-7-4-10-27-19/h1-12,14H,13H2/i14D. The Morgan fingerprint density at radius 2 is 1.86 bits per heavy atom. The molecule has 7 heteroatoms. The molecule has 0 unspecified atom stereocenters. The first-order valence-electron chi connectivity index (χ1n) is 9.18. The lowest BCUT2D eigenvalue weighted by molar-refractivity contribution is 0.306. The first kappa shape index (κ1) is 15.1. The molecule has 4 aromatic heterocycles. The number of pyridine rings is 1. The lowest BCUT2D eigenvalue weighted by Crippen LogP contribution is -1.97. The Hall–Kier alpha value is -4.00. The Bertz CT molecular complexity index is 1270. The van der Waals surface area contributed by atoms with Crippen LogP contribution in [-0.2, 0) is 6.61 Å². The van der Waals surface area contributed by atoms with Crippen molar-refractivity contribution in [3.05, 3.63) is 85.0 Å². The smallest absolute Gasteiger partial charge is 0.187 e. The van der Waals surface area contributed by atoms with Gasteiger partial charge in [0.15, 0.2) is 17.2 Å². The summed E-state index contributed by atoms with van der Waals surface area (Å²) in [7, 11) is 0. The highest BCUT2D eigenvalue weighted by Crippen LogP contribution is 2.24. The monoisotopic (exact) mass is 370 g/mol. The van der Waals surface area contributed by atoms with Crippen molar-refractivity contribution >= 4 is 5.65 Å². The average Bonchev–Trinajstić information content (AvgIpc) is 3.42. The molecule has 1 aromatic carbocycles. The summed E-state index contributed by atoms with van der Waals surface area (Å²) in [5.74, 6) is 1.77. The molecule has 0 aliphatic rings. The van der Waals surface area contributed by atoms with Crippen molar-refractivity contribution in [2.24, 2.45) is 0 Å². The maximum atomic E-state index is 7.92. The maximum absolute atomic E-state index is 7.92. The molecule has 0 atom stereocenters. The summed E-state index contributed by atoms with van der Waals surface area (Å²) in [5.41, 5.74) is 2.71. The number of fused-ring (bicyclic) bond motifs is 1. The number of benzene rings is 1. The summed E-state index contributed by atoms with van der Waals surface area (Å²) in [6.07, 6.45) is 3.27. The molecule has 28 heavy (non-hydrogen) atoms. The van der Waals surface area contributed by atoms with E-state index < -0.39 is 0 Å². The van der Waals surface area contributed by atoms with E-state index in [0.29, 0.717) is 41.0 Å². The van der Waals surface area contributed by atoms with Crippen LogP contribution in [0.4, 0.5) is 0 Å². The van der Waals surface area contributed by atoms with Gasteiger partial charge in [-0.3, -0.25) is 4.40 Å². The molecule has 0 aliphatic carbocycles. The van der Waals surface area contributed by atoms with Crippen LogP contribution in [0.2, 0.25) is 0 Å². The maximum Gasteiger partial charge on any atom is 0.187 e. The Labute approximate surface area is 161 Å². The van der Waals surface area contributed by atoms with E-state index in [1.165, 1.54) is 0 Å². The van der Waals surface area contributed by atoms with Crippen LogP contribution >= 0.6 is 0 Å². The summed E-state index contributed by atoms with van der Waals surface area (Å²) < 4.78 is 20.9. The zero-order chi connectivity index (χ0) is 19.6. The Morgan fingerprint density at radius 3 is 2.71 bits per heavy atom. The van der Waals surface area contributed by atoms with Crippen LogP contribution in [0.25, 0.3) is 28.6 Å². The normalized spacial score (nSPS) is 11.5. The lowest BCUT2D eigenvalue weighted by atomic mass is 10.2. The van der Waals surface area contributed by atoms with Crippen molar-refractivity contribution in [3.63, 3.8) is 0 Å². The van der Waals surface area contributed by atoms with Crippen LogP contribution in [-0.4, -0.2) is 24.6 Å². The van der Waals surface area contributed by atoms with Gasteiger partial charge in [-0.05, 0) is 29.8 Å². The average molecular weight is 370 g/mol. The highest BCUT2D eigenvalue weighted by molar-refractivity contribution is 5.62. The molecule has 5 rings (SSSR count). The number of hydrogen-bond acceptors (Lipinski definition) is 6. The molecular formula is C21H15N5O2. The van der Waals surface area contributed by atoms with Crippen LogP contribution in [0.5, 0.6) is 5.75 Å². The fourth-order valence-electron chi connectivity index (χ4n) is 2.87. The second kappa shape index (κ2) is 6.96. The Kier molecular flexibility index (Phi) is 3.75. The van der Waals surface area contributed by atoms with Crippen molar-refractivity contribution in [3.8, 4) is 28.7 Å². The highest BCUT2D eigenvalue weighted by Gasteiger charge is 2.13. The second-order valence-corrected chi connectivity index (χ2v) is 6.10. The van der Waals surface area contributed by atoms with Gasteiger partial charge >= 0.3 is 0 Å². The van der Waals surface area contributed by atoms with Gasteiger partial charge in [-0.1, -0.05) is 30.3 Å². The minimum absolute atomic E-state index is 0.117. The first-order valence-corrected chi connectivity index (χ1v) is 8.68. The molecule has 0 amide bonds. The zero-order valence-electron chi connectivity index (χ0n) is 15.7. The molecule has 5 aromatic rings.